The van der Waals surface area contributed by atoms with E-state index in [9.17, 15) is 14.9 Å². The van der Waals surface area contributed by atoms with E-state index in [2.05, 4.69) is 5.32 Å². The Balaban J connectivity index is 1.65. The SMILES string of the molecule is O=C(NCCOc1ccc(Cl)cc1)c1cc([N+](=O)[O-])ccc1N1CCOCC1. The van der Waals surface area contributed by atoms with Crippen LogP contribution < -0.4 is 15.0 Å². The van der Waals surface area contributed by atoms with Crippen molar-refractivity contribution in [3.8, 4) is 5.75 Å². The Morgan fingerprint density at radius 3 is 2.61 bits per heavy atom. The fraction of sp³-hybridized carbons (Fsp3) is 0.316. The third-order valence-corrected chi connectivity index (χ3v) is 4.51. The molecule has 0 atom stereocenters. The van der Waals surface area contributed by atoms with Crippen molar-refractivity contribution in [3.05, 3.63) is 63.2 Å². The van der Waals surface area contributed by atoms with E-state index in [-0.39, 0.29) is 30.3 Å². The summed E-state index contributed by atoms with van der Waals surface area (Å²) in [5.74, 6) is 0.257. The molecule has 1 amide bonds. The first kappa shape index (κ1) is 19.9. The number of non-ortho nitro benzene ring substituents is 1. The third kappa shape index (κ3) is 5.11. The minimum absolute atomic E-state index is 0.125. The lowest BCUT2D eigenvalue weighted by atomic mass is 10.1. The van der Waals surface area contributed by atoms with Crippen molar-refractivity contribution in [1.82, 2.24) is 5.32 Å². The zero-order chi connectivity index (χ0) is 19.9. The second-order valence-electron chi connectivity index (χ2n) is 6.12. The Morgan fingerprint density at radius 1 is 1.21 bits per heavy atom. The smallest absolute Gasteiger partial charge is 0.270 e. The van der Waals surface area contributed by atoms with Crippen LogP contribution >= 0.6 is 11.6 Å². The molecule has 0 bridgehead atoms. The topological polar surface area (TPSA) is 93.9 Å². The quantitative estimate of drug-likeness (QED) is 0.432. The summed E-state index contributed by atoms with van der Waals surface area (Å²) in [7, 11) is 0. The third-order valence-electron chi connectivity index (χ3n) is 4.26. The Labute approximate surface area is 167 Å². The van der Waals surface area contributed by atoms with E-state index >= 15 is 0 Å². The molecular weight excluding hydrogens is 386 g/mol. The zero-order valence-electron chi connectivity index (χ0n) is 15.1. The molecule has 0 aliphatic carbocycles. The fourth-order valence-electron chi connectivity index (χ4n) is 2.86. The molecule has 0 saturated carbocycles. The van der Waals surface area contributed by atoms with Gasteiger partial charge >= 0.3 is 0 Å². The van der Waals surface area contributed by atoms with Gasteiger partial charge in [0.2, 0.25) is 0 Å². The van der Waals surface area contributed by atoms with E-state index in [4.69, 9.17) is 21.1 Å². The Kier molecular flexibility index (Phi) is 6.67. The molecule has 1 aliphatic heterocycles. The number of hydrogen-bond donors (Lipinski definition) is 1. The number of nitro groups is 1. The van der Waals surface area contributed by atoms with Crippen LogP contribution in [0, 0.1) is 10.1 Å². The van der Waals surface area contributed by atoms with Crippen LogP contribution in [-0.4, -0.2) is 50.3 Å². The van der Waals surface area contributed by atoms with Gasteiger partial charge in [0.1, 0.15) is 12.4 Å². The number of hydrogen-bond acceptors (Lipinski definition) is 6. The second kappa shape index (κ2) is 9.38. The van der Waals surface area contributed by atoms with Gasteiger partial charge in [0.15, 0.2) is 0 Å². The number of rotatable bonds is 7. The maximum absolute atomic E-state index is 12.7. The van der Waals surface area contributed by atoms with Gasteiger partial charge < -0.3 is 19.7 Å². The number of nitrogens with zero attached hydrogens (tertiary/aromatic N) is 2. The molecule has 2 aromatic rings. The van der Waals surface area contributed by atoms with Gasteiger partial charge in [-0.1, -0.05) is 11.6 Å². The molecule has 9 heteroatoms. The summed E-state index contributed by atoms with van der Waals surface area (Å²) in [4.78, 5) is 25.3. The van der Waals surface area contributed by atoms with Crippen molar-refractivity contribution >= 4 is 28.9 Å². The van der Waals surface area contributed by atoms with Gasteiger partial charge in [-0.2, -0.15) is 0 Å². The van der Waals surface area contributed by atoms with E-state index in [0.29, 0.717) is 42.8 Å². The first-order valence-corrected chi connectivity index (χ1v) is 9.20. The maximum Gasteiger partial charge on any atom is 0.270 e. The number of halogens is 1. The number of carbonyl (C=O) groups excluding carboxylic acids is 1. The molecule has 0 radical (unpaired) electrons. The number of nitro benzene ring substituents is 1. The van der Waals surface area contributed by atoms with Crippen molar-refractivity contribution in [2.75, 3.05) is 44.4 Å². The summed E-state index contributed by atoms with van der Waals surface area (Å²) in [6, 6.07) is 11.2. The molecule has 3 rings (SSSR count). The Morgan fingerprint density at radius 2 is 1.93 bits per heavy atom. The minimum Gasteiger partial charge on any atom is -0.492 e. The molecule has 1 N–H and O–H groups in total. The van der Waals surface area contributed by atoms with Crippen LogP contribution in [-0.2, 0) is 4.74 Å². The largest absolute Gasteiger partial charge is 0.492 e. The average molecular weight is 406 g/mol. The predicted octanol–water partition coefficient (Wildman–Crippen LogP) is 2.89. The number of ether oxygens (including phenoxy) is 2. The van der Waals surface area contributed by atoms with Gasteiger partial charge in [0.25, 0.3) is 11.6 Å². The van der Waals surface area contributed by atoms with Crippen molar-refractivity contribution < 1.29 is 19.2 Å². The number of morpholine rings is 1. The zero-order valence-corrected chi connectivity index (χ0v) is 15.9. The molecule has 0 unspecified atom stereocenters. The predicted molar refractivity (Wildman–Crippen MR) is 105 cm³/mol. The number of anilines is 1. The molecule has 0 spiro atoms. The van der Waals surface area contributed by atoms with E-state index in [0.717, 1.165) is 0 Å². The molecule has 148 valence electrons. The van der Waals surface area contributed by atoms with Crippen molar-refractivity contribution in [1.29, 1.82) is 0 Å². The highest BCUT2D eigenvalue weighted by Crippen LogP contribution is 2.26. The van der Waals surface area contributed by atoms with Gasteiger partial charge in [-0.05, 0) is 30.3 Å². The standard InChI is InChI=1S/C19H20ClN3O5/c20-14-1-4-16(5-2-14)28-10-7-21-19(24)17-13-15(23(25)26)3-6-18(17)22-8-11-27-12-9-22/h1-6,13H,7-12H2,(H,21,24). The van der Waals surface area contributed by atoms with Gasteiger partial charge in [-0.15, -0.1) is 0 Å². The van der Waals surface area contributed by atoms with Crippen LogP contribution in [0.3, 0.4) is 0 Å². The maximum atomic E-state index is 12.7. The molecule has 2 aromatic carbocycles. The highest BCUT2D eigenvalue weighted by molar-refractivity contribution is 6.30. The van der Waals surface area contributed by atoms with Crippen LogP contribution in [0.2, 0.25) is 5.02 Å². The molecule has 1 saturated heterocycles. The monoisotopic (exact) mass is 405 g/mol. The fourth-order valence-corrected chi connectivity index (χ4v) is 2.98. The second-order valence-corrected chi connectivity index (χ2v) is 6.55. The summed E-state index contributed by atoms with van der Waals surface area (Å²) in [6.07, 6.45) is 0. The molecule has 1 aliphatic rings. The van der Waals surface area contributed by atoms with Gasteiger partial charge in [0, 0.05) is 30.2 Å². The number of carbonyl (C=O) groups is 1. The molecule has 0 aromatic heterocycles. The summed E-state index contributed by atoms with van der Waals surface area (Å²) < 4.78 is 10.9. The van der Waals surface area contributed by atoms with Crippen LogP contribution in [0.25, 0.3) is 0 Å². The lowest BCUT2D eigenvalue weighted by Crippen LogP contribution is -2.38. The van der Waals surface area contributed by atoms with Gasteiger partial charge in [-0.25, -0.2) is 0 Å². The molecule has 28 heavy (non-hydrogen) atoms. The summed E-state index contributed by atoms with van der Waals surface area (Å²) in [5.41, 5.74) is 0.798. The van der Waals surface area contributed by atoms with Crippen LogP contribution in [0.5, 0.6) is 5.75 Å². The lowest BCUT2D eigenvalue weighted by Gasteiger charge is -2.30. The van der Waals surface area contributed by atoms with Crippen LogP contribution in [0.15, 0.2) is 42.5 Å². The van der Waals surface area contributed by atoms with E-state index in [1.54, 1.807) is 30.3 Å². The number of nitrogens with one attached hydrogen (secondary N) is 1. The number of amides is 1. The first-order chi connectivity index (χ1) is 13.5. The first-order valence-electron chi connectivity index (χ1n) is 8.82. The van der Waals surface area contributed by atoms with Crippen molar-refractivity contribution in [2.45, 2.75) is 0 Å². The van der Waals surface area contributed by atoms with Crippen LogP contribution in [0.1, 0.15) is 10.4 Å². The number of benzene rings is 2. The van der Waals surface area contributed by atoms with Crippen molar-refractivity contribution in [3.63, 3.8) is 0 Å². The normalized spacial score (nSPS) is 13.8. The Hall–Kier alpha value is -2.84. The highest BCUT2D eigenvalue weighted by Gasteiger charge is 2.21. The van der Waals surface area contributed by atoms with E-state index in [1.807, 2.05) is 4.90 Å². The molecule has 1 fully saturated rings. The van der Waals surface area contributed by atoms with Crippen LogP contribution in [0.4, 0.5) is 11.4 Å². The molecule has 8 nitrogen and oxygen atoms in total. The summed E-state index contributed by atoms with van der Waals surface area (Å²) in [5, 5.41) is 14.5. The van der Waals surface area contributed by atoms with Gasteiger partial charge in [0.05, 0.1) is 35.9 Å². The molecular formula is C19H20ClN3O5. The Bertz CT molecular complexity index is 838. The summed E-state index contributed by atoms with van der Waals surface area (Å²) >= 11 is 5.82. The average Bonchev–Trinajstić information content (AvgIpc) is 2.72. The van der Waals surface area contributed by atoms with E-state index < -0.39 is 4.92 Å². The van der Waals surface area contributed by atoms with E-state index in [1.165, 1.54) is 12.1 Å². The molecule has 1 heterocycles. The summed E-state index contributed by atoms with van der Waals surface area (Å²) in [6.45, 7) is 2.86. The minimum atomic E-state index is -0.510. The highest BCUT2D eigenvalue weighted by atomic mass is 35.5. The van der Waals surface area contributed by atoms with Gasteiger partial charge in [-0.3, -0.25) is 14.9 Å². The van der Waals surface area contributed by atoms with Crippen molar-refractivity contribution in [2.24, 2.45) is 0 Å². The lowest BCUT2D eigenvalue weighted by molar-refractivity contribution is -0.384.